The first-order valence-electron chi connectivity index (χ1n) is 22.2. The Kier molecular flexibility index (Phi) is 9.62. The molecule has 0 saturated heterocycles. The normalized spacial score (nSPS) is 15.3. The Balaban J connectivity index is 0.00000219. The molecular formula is C59H48N4. The molecule has 0 unspecified atom stereocenters. The van der Waals surface area contributed by atoms with Crippen molar-refractivity contribution in [1.29, 1.82) is 0 Å². The van der Waals surface area contributed by atoms with Crippen LogP contribution in [0.4, 0.5) is 5.69 Å². The van der Waals surface area contributed by atoms with Gasteiger partial charge in [0.2, 0.25) is 0 Å². The molecule has 6 aromatic carbocycles. The molecule has 0 amide bonds. The van der Waals surface area contributed by atoms with E-state index in [-0.39, 0.29) is 6.04 Å². The standard InChI is InChI=1S/C57H42N4.C2H6/c1-2-3-8-24-43-38-49-53(58(43)39-20-9-4-5-10-21-39)35-33-46-44-27-13-7-14-30-50(44)60(56(46)49)41-25-19-26-42(37-41)61-51-31-17-15-28-45(51)47-34-36-54-55(57(47)61)48-29-16-18-32-52(48)59(54)40-22-11-6-12-23-40;1-2/h2-26,28-37,39H,1,27,38H2;1-2H3/b8-3-,43-24+;. The van der Waals surface area contributed by atoms with Crippen LogP contribution in [-0.4, -0.2) is 19.7 Å². The van der Waals surface area contributed by atoms with E-state index in [1.807, 2.05) is 26.0 Å². The van der Waals surface area contributed by atoms with Gasteiger partial charge in [0.1, 0.15) is 0 Å². The molecule has 0 saturated carbocycles. The number of aromatic nitrogens is 3. The van der Waals surface area contributed by atoms with Crippen LogP contribution in [0.3, 0.4) is 0 Å². The minimum absolute atomic E-state index is 0.0875. The maximum Gasteiger partial charge on any atom is 0.0709 e. The predicted octanol–water partition coefficient (Wildman–Crippen LogP) is 15.0. The third-order valence-electron chi connectivity index (χ3n) is 12.7. The fourth-order valence-corrected chi connectivity index (χ4v) is 10.3. The average molecular weight is 813 g/mol. The summed E-state index contributed by atoms with van der Waals surface area (Å²) in [6.07, 6.45) is 32.0. The molecular weight excluding hydrogens is 765 g/mol. The zero-order valence-corrected chi connectivity index (χ0v) is 35.7. The van der Waals surface area contributed by atoms with Gasteiger partial charge in [0.05, 0.1) is 39.3 Å². The third-order valence-corrected chi connectivity index (χ3v) is 12.7. The quantitative estimate of drug-likeness (QED) is 0.153. The van der Waals surface area contributed by atoms with E-state index in [0.29, 0.717) is 0 Å². The van der Waals surface area contributed by atoms with Gasteiger partial charge in [-0.15, -0.1) is 0 Å². The molecule has 0 fully saturated rings. The van der Waals surface area contributed by atoms with Crippen LogP contribution in [0.15, 0.2) is 219 Å². The average Bonchev–Trinajstić information content (AvgIpc) is 3.93. The highest BCUT2D eigenvalue weighted by Gasteiger charge is 2.32. The van der Waals surface area contributed by atoms with Crippen LogP contribution >= 0.6 is 0 Å². The number of anilines is 1. The molecule has 4 heterocycles. The van der Waals surface area contributed by atoms with Crippen LogP contribution in [-0.2, 0) is 12.8 Å². The predicted molar refractivity (Wildman–Crippen MR) is 270 cm³/mol. The van der Waals surface area contributed by atoms with E-state index in [1.54, 1.807) is 0 Å². The van der Waals surface area contributed by atoms with Crippen molar-refractivity contribution >= 4 is 66.3 Å². The lowest BCUT2D eigenvalue weighted by molar-refractivity contribution is 0.898. The summed E-state index contributed by atoms with van der Waals surface area (Å²) < 4.78 is 7.47. The molecule has 12 rings (SSSR count). The van der Waals surface area contributed by atoms with Crippen molar-refractivity contribution in [2.75, 3.05) is 4.90 Å². The van der Waals surface area contributed by atoms with Crippen LogP contribution < -0.4 is 4.90 Å². The second kappa shape index (κ2) is 15.9. The smallest absolute Gasteiger partial charge is 0.0709 e. The number of rotatable bonds is 6. The molecule has 63 heavy (non-hydrogen) atoms. The van der Waals surface area contributed by atoms with Crippen LogP contribution in [0.2, 0.25) is 0 Å². The SMILES string of the molecule is C=C/C=C\C=C1/Cc2c(ccc3c4c(n(-c5cccc(-n6c7ccccc7c7ccc8c(c9ccccc9n8-c8ccccc8)c76)c5)c23)C=CC=CC4)N1C1C=CC=CC=C1.CC. The summed E-state index contributed by atoms with van der Waals surface area (Å²) in [6, 6.07) is 47.2. The number of para-hydroxylation sites is 3. The number of fused-ring (bicyclic) bond motifs is 12. The van der Waals surface area contributed by atoms with E-state index in [1.165, 1.54) is 82.7 Å². The zero-order chi connectivity index (χ0) is 42.4. The van der Waals surface area contributed by atoms with E-state index in [2.05, 4.69) is 225 Å². The van der Waals surface area contributed by atoms with Crippen LogP contribution in [0.25, 0.3) is 77.7 Å². The first kappa shape index (κ1) is 38.1. The first-order valence-corrected chi connectivity index (χ1v) is 22.2. The van der Waals surface area contributed by atoms with Gasteiger partial charge in [0.25, 0.3) is 0 Å². The Morgan fingerprint density at radius 2 is 1.24 bits per heavy atom. The third kappa shape index (κ3) is 6.05. The van der Waals surface area contributed by atoms with Crippen molar-refractivity contribution < 1.29 is 0 Å². The highest BCUT2D eigenvalue weighted by atomic mass is 15.2. The summed E-state index contributed by atoms with van der Waals surface area (Å²) in [5.74, 6) is 0. The first-order chi connectivity index (χ1) is 31.3. The lowest BCUT2D eigenvalue weighted by atomic mass is 10.0. The van der Waals surface area contributed by atoms with Crippen LogP contribution in [0, 0.1) is 0 Å². The molecule has 0 radical (unpaired) electrons. The number of hydrogen-bond acceptors (Lipinski definition) is 1. The Morgan fingerprint density at radius 3 is 2.03 bits per heavy atom. The highest BCUT2D eigenvalue weighted by Crippen LogP contribution is 2.46. The van der Waals surface area contributed by atoms with Crippen LogP contribution in [0.1, 0.15) is 30.7 Å². The molecule has 0 N–H and O–H groups in total. The van der Waals surface area contributed by atoms with Crippen molar-refractivity contribution in [2.24, 2.45) is 0 Å². The number of nitrogens with zero attached hydrogens (tertiary/aromatic N) is 4. The van der Waals surface area contributed by atoms with Gasteiger partial charge in [-0.2, -0.15) is 0 Å². The van der Waals surface area contributed by atoms with Gasteiger partial charge in [-0.25, -0.2) is 0 Å². The Hall–Kier alpha value is -7.82. The van der Waals surface area contributed by atoms with E-state index in [0.717, 1.165) is 29.9 Å². The summed E-state index contributed by atoms with van der Waals surface area (Å²) in [5, 5.41) is 6.30. The molecule has 0 bridgehead atoms. The summed E-state index contributed by atoms with van der Waals surface area (Å²) in [6.45, 7) is 7.94. The molecule has 3 aliphatic rings. The van der Waals surface area contributed by atoms with E-state index < -0.39 is 0 Å². The fraction of sp³-hybridized carbons (Fsp3) is 0.0847. The second-order valence-corrected chi connectivity index (χ2v) is 16.0. The van der Waals surface area contributed by atoms with Gasteiger partial charge in [-0.05, 0) is 78.7 Å². The van der Waals surface area contributed by atoms with Gasteiger partial charge < -0.3 is 18.6 Å². The zero-order valence-electron chi connectivity index (χ0n) is 35.7. The van der Waals surface area contributed by atoms with Crippen molar-refractivity contribution in [3.05, 3.63) is 235 Å². The summed E-state index contributed by atoms with van der Waals surface area (Å²) in [5.41, 5.74) is 16.0. The summed E-state index contributed by atoms with van der Waals surface area (Å²) >= 11 is 0. The van der Waals surface area contributed by atoms with Crippen molar-refractivity contribution in [3.63, 3.8) is 0 Å². The Labute approximate surface area is 368 Å². The second-order valence-electron chi connectivity index (χ2n) is 16.0. The van der Waals surface area contributed by atoms with Crippen molar-refractivity contribution in [3.8, 4) is 17.1 Å². The van der Waals surface area contributed by atoms with Gasteiger partial charge in [-0.3, -0.25) is 0 Å². The lowest BCUT2D eigenvalue weighted by Crippen LogP contribution is -2.29. The van der Waals surface area contributed by atoms with E-state index >= 15 is 0 Å². The van der Waals surface area contributed by atoms with E-state index in [9.17, 15) is 0 Å². The maximum absolute atomic E-state index is 3.94. The fourth-order valence-electron chi connectivity index (χ4n) is 10.3. The monoisotopic (exact) mass is 812 g/mol. The summed E-state index contributed by atoms with van der Waals surface area (Å²) in [4.78, 5) is 2.51. The highest BCUT2D eigenvalue weighted by molar-refractivity contribution is 6.26. The number of allylic oxidation sites excluding steroid dienone is 12. The van der Waals surface area contributed by atoms with E-state index in [4.69, 9.17) is 0 Å². The van der Waals surface area contributed by atoms with Gasteiger partial charge in [0, 0.05) is 67.4 Å². The van der Waals surface area contributed by atoms with Crippen molar-refractivity contribution in [2.45, 2.75) is 32.7 Å². The van der Waals surface area contributed by atoms with Gasteiger partial charge in [0.15, 0.2) is 0 Å². The molecule has 0 atom stereocenters. The van der Waals surface area contributed by atoms with Crippen molar-refractivity contribution in [1.82, 2.24) is 13.7 Å². The maximum atomic E-state index is 3.94. The Morgan fingerprint density at radius 1 is 0.540 bits per heavy atom. The molecule has 4 heteroatoms. The molecule has 1 aliphatic heterocycles. The van der Waals surface area contributed by atoms with Gasteiger partial charge >= 0.3 is 0 Å². The minimum atomic E-state index is 0.0875. The molecule has 0 spiro atoms. The summed E-state index contributed by atoms with van der Waals surface area (Å²) in [7, 11) is 0. The molecule has 304 valence electrons. The topological polar surface area (TPSA) is 18.0 Å². The number of benzene rings is 6. The lowest BCUT2D eigenvalue weighted by Gasteiger charge is -2.27. The largest absolute Gasteiger partial charge is 0.334 e. The number of hydrogen-bond donors (Lipinski definition) is 0. The van der Waals surface area contributed by atoms with Gasteiger partial charge in [-0.1, -0.05) is 166 Å². The molecule has 9 aromatic rings. The minimum Gasteiger partial charge on any atom is -0.334 e. The Bertz CT molecular complexity index is 3480. The molecule has 2 aliphatic carbocycles. The molecule has 3 aromatic heterocycles. The van der Waals surface area contributed by atoms with Crippen LogP contribution in [0.5, 0.6) is 0 Å². The molecule has 4 nitrogen and oxygen atoms in total.